The maximum Gasteiger partial charge on any atom is 0.156 e. The van der Waals surface area contributed by atoms with Crippen molar-refractivity contribution in [2.24, 2.45) is 4.99 Å². The van der Waals surface area contributed by atoms with E-state index < -0.39 is 0 Å². The van der Waals surface area contributed by atoms with Crippen LogP contribution >= 0.6 is 25.0 Å². The Hall–Kier alpha value is -0.740. The number of nitrogens with zero attached hydrogens (tertiary/aromatic N) is 2. The van der Waals surface area contributed by atoms with Crippen LogP contribution in [0, 0.1) is 5.82 Å². The fourth-order valence-electron chi connectivity index (χ4n) is 1.48. The predicted molar refractivity (Wildman–Crippen MR) is 65.3 cm³/mol. The Labute approximate surface area is 100 Å². The molecule has 0 atom stereocenters. The second kappa shape index (κ2) is 5.37. The molecule has 1 aliphatic rings. The number of hydrogen-bond acceptors (Lipinski definition) is 2. The van der Waals surface area contributed by atoms with E-state index in [0.717, 1.165) is 23.8 Å². The van der Waals surface area contributed by atoms with Crippen LogP contribution in [-0.4, -0.2) is 23.2 Å². The zero-order chi connectivity index (χ0) is 9.97. The molecule has 0 amide bonds. The summed E-state index contributed by atoms with van der Waals surface area (Å²) in [6, 6.07) is 6.61. The Bertz CT molecular complexity index is 370. The monoisotopic (exact) mass is 246 g/mol. The van der Waals surface area contributed by atoms with Crippen LogP contribution in [0.3, 0.4) is 0 Å². The van der Waals surface area contributed by atoms with Gasteiger partial charge in [0.15, 0.2) is 5.17 Å². The summed E-state index contributed by atoms with van der Waals surface area (Å²) >= 11 is 4.23. The SMILES string of the molecule is Cl.Fc1cccc(CN2CCN=C2S)c1. The maximum absolute atomic E-state index is 12.9. The molecule has 1 aromatic carbocycles. The van der Waals surface area contributed by atoms with Crippen LogP contribution in [-0.2, 0) is 6.54 Å². The fraction of sp³-hybridized carbons (Fsp3) is 0.300. The molecule has 1 aliphatic heterocycles. The molecule has 0 bridgehead atoms. The third-order valence-electron chi connectivity index (χ3n) is 2.17. The summed E-state index contributed by atoms with van der Waals surface area (Å²) in [7, 11) is 0. The van der Waals surface area contributed by atoms with Crippen molar-refractivity contribution in [1.29, 1.82) is 0 Å². The van der Waals surface area contributed by atoms with Crippen molar-refractivity contribution in [1.82, 2.24) is 4.90 Å². The number of benzene rings is 1. The van der Waals surface area contributed by atoms with Crippen molar-refractivity contribution >= 4 is 30.2 Å². The second-order valence-electron chi connectivity index (χ2n) is 3.23. The minimum Gasteiger partial charge on any atom is -0.346 e. The van der Waals surface area contributed by atoms with Gasteiger partial charge in [-0.05, 0) is 17.7 Å². The number of halogens is 2. The molecular weight excluding hydrogens is 235 g/mol. The van der Waals surface area contributed by atoms with E-state index >= 15 is 0 Å². The van der Waals surface area contributed by atoms with E-state index in [4.69, 9.17) is 0 Å². The van der Waals surface area contributed by atoms with Crippen LogP contribution in [0.25, 0.3) is 0 Å². The Morgan fingerprint density at radius 2 is 2.27 bits per heavy atom. The first kappa shape index (κ1) is 12.3. The molecule has 0 spiro atoms. The highest BCUT2D eigenvalue weighted by atomic mass is 35.5. The molecular formula is C10H12ClFN2S. The number of aliphatic imine (C=N–C) groups is 1. The molecule has 82 valence electrons. The van der Waals surface area contributed by atoms with Gasteiger partial charge < -0.3 is 4.90 Å². The summed E-state index contributed by atoms with van der Waals surface area (Å²) in [4.78, 5) is 6.17. The minimum atomic E-state index is -0.195. The molecule has 0 saturated heterocycles. The summed E-state index contributed by atoms with van der Waals surface area (Å²) in [6.07, 6.45) is 0. The molecule has 2 nitrogen and oxygen atoms in total. The first-order valence-corrected chi connectivity index (χ1v) is 4.93. The molecule has 0 fully saturated rings. The van der Waals surface area contributed by atoms with Crippen molar-refractivity contribution in [3.05, 3.63) is 35.6 Å². The topological polar surface area (TPSA) is 15.6 Å². The van der Waals surface area contributed by atoms with E-state index in [2.05, 4.69) is 17.6 Å². The average molecular weight is 247 g/mol. The third-order valence-corrected chi connectivity index (χ3v) is 2.59. The van der Waals surface area contributed by atoms with E-state index in [0.29, 0.717) is 6.54 Å². The normalized spacial score (nSPS) is 14.8. The number of thiol groups is 1. The van der Waals surface area contributed by atoms with Crippen LogP contribution in [0.1, 0.15) is 5.56 Å². The molecule has 0 aliphatic carbocycles. The van der Waals surface area contributed by atoms with E-state index in [-0.39, 0.29) is 18.2 Å². The van der Waals surface area contributed by atoms with E-state index in [1.165, 1.54) is 6.07 Å². The highest BCUT2D eigenvalue weighted by Crippen LogP contribution is 2.12. The van der Waals surface area contributed by atoms with Gasteiger partial charge in [-0.25, -0.2) is 4.39 Å². The Balaban J connectivity index is 0.00000112. The smallest absolute Gasteiger partial charge is 0.156 e. The highest BCUT2D eigenvalue weighted by molar-refractivity contribution is 7.96. The molecule has 5 heteroatoms. The van der Waals surface area contributed by atoms with E-state index in [9.17, 15) is 4.39 Å². The lowest BCUT2D eigenvalue weighted by molar-refractivity contribution is 0.458. The minimum absolute atomic E-state index is 0. The van der Waals surface area contributed by atoms with Crippen molar-refractivity contribution in [3.63, 3.8) is 0 Å². The predicted octanol–water partition coefficient (Wildman–Crippen LogP) is 2.35. The van der Waals surface area contributed by atoms with Crippen molar-refractivity contribution < 1.29 is 4.39 Å². The lowest BCUT2D eigenvalue weighted by Gasteiger charge is -2.16. The van der Waals surface area contributed by atoms with Gasteiger partial charge in [0, 0.05) is 13.1 Å². The van der Waals surface area contributed by atoms with Gasteiger partial charge in [-0.15, -0.1) is 25.0 Å². The van der Waals surface area contributed by atoms with E-state index in [1.54, 1.807) is 12.1 Å². The molecule has 0 N–H and O–H groups in total. The Morgan fingerprint density at radius 3 is 2.87 bits per heavy atom. The number of amidine groups is 1. The number of hydrogen-bond donors (Lipinski definition) is 1. The Kier molecular flexibility index (Phi) is 4.42. The summed E-state index contributed by atoms with van der Waals surface area (Å²) in [5, 5.41) is 0.745. The van der Waals surface area contributed by atoms with E-state index in [1.807, 2.05) is 11.0 Å². The summed E-state index contributed by atoms with van der Waals surface area (Å²) < 4.78 is 12.9. The zero-order valence-electron chi connectivity index (χ0n) is 8.06. The molecule has 0 unspecified atom stereocenters. The van der Waals surface area contributed by atoms with Crippen LogP contribution in [0.4, 0.5) is 4.39 Å². The average Bonchev–Trinajstić information content (AvgIpc) is 2.52. The molecule has 0 radical (unpaired) electrons. The third kappa shape index (κ3) is 3.11. The zero-order valence-corrected chi connectivity index (χ0v) is 9.77. The van der Waals surface area contributed by atoms with Crippen molar-refractivity contribution in [2.75, 3.05) is 13.1 Å². The van der Waals surface area contributed by atoms with Gasteiger partial charge in [0.2, 0.25) is 0 Å². The Morgan fingerprint density at radius 1 is 1.47 bits per heavy atom. The lowest BCUT2D eigenvalue weighted by Crippen LogP contribution is -2.23. The molecule has 1 aromatic rings. The fourth-order valence-corrected chi connectivity index (χ4v) is 1.75. The largest absolute Gasteiger partial charge is 0.346 e. The second-order valence-corrected chi connectivity index (χ2v) is 3.63. The maximum atomic E-state index is 12.9. The molecule has 1 heterocycles. The molecule has 15 heavy (non-hydrogen) atoms. The standard InChI is InChI=1S/C10H11FN2S.ClH/c11-9-3-1-2-8(6-9)7-13-5-4-12-10(13)14;/h1-3,6H,4-5,7H2,(H,12,14);1H. The molecule has 2 rings (SSSR count). The van der Waals surface area contributed by atoms with Gasteiger partial charge in [-0.2, -0.15) is 0 Å². The van der Waals surface area contributed by atoms with Gasteiger partial charge in [0.25, 0.3) is 0 Å². The summed E-state index contributed by atoms with van der Waals surface area (Å²) in [5.74, 6) is -0.195. The highest BCUT2D eigenvalue weighted by Gasteiger charge is 2.13. The van der Waals surface area contributed by atoms with Crippen molar-refractivity contribution in [2.45, 2.75) is 6.54 Å². The van der Waals surface area contributed by atoms with Gasteiger partial charge in [0.1, 0.15) is 5.82 Å². The van der Waals surface area contributed by atoms with Crippen molar-refractivity contribution in [3.8, 4) is 0 Å². The van der Waals surface area contributed by atoms with Gasteiger partial charge in [-0.3, -0.25) is 4.99 Å². The van der Waals surface area contributed by atoms with Gasteiger partial charge >= 0.3 is 0 Å². The van der Waals surface area contributed by atoms with Crippen LogP contribution < -0.4 is 0 Å². The van der Waals surface area contributed by atoms with Gasteiger partial charge in [-0.1, -0.05) is 12.1 Å². The summed E-state index contributed by atoms with van der Waals surface area (Å²) in [6.45, 7) is 2.34. The first-order chi connectivity index (χ1) is 6.75. The van der Waals surface area contributed by atoms with Crippen LogP contribution in [0.5, 0.6) is 0 Å². The first-order valence-electron chi connectivity index (χ1n) is 4.48. The molecule has 0 aromatic heterocycles. The lowest BCUT2D eigenvalue weighted by atomic mass is 10.2. The quantitative estimate of drug-likeness (QED) is 0.792. The molecule has 0 saturated carbocycles. The van der Waals surface area contributed by atoms with Gasteiger partial charge in [0.05, 0.1) is 6.54 Å². The summed E-state index contributed by atoms with van der Waals surface area (Å²) in [5.41, 5.74) is 0.952. The van der Waals surface area contributed by atoms with Crippen LogP contribution in [0.15, 0.2) is 29.3 Å². The van der Waals surface area contributed by atoms with Crippen LogP contribution in [0.2, 0.25) is 0 Å². The number of rotatable bonds is 2.